The number of aliphatic hydroxyl groups is 1. The first-order chi connectivity index (χ1) is 15.2. The third-order valence-corrected chi connectivity index (χ3v) is 9.47. The molecular formula is C23H28ClN3O3S2. The summed E-state index contributed by atoms with van der Waals surface area (Å²) in [4.78, 5) is 6.86. The third kappa shape index (κ3) is 4.43. The first-order valence-electron chi connectivity index (χ1n) is 10.7. The van der Waals surface area contributed by atoms with Gasteiger partial charge in [0, 0.05) is 25.7 Å². The molecule has 32 heavy (non-hydrogen) atoms. The maximum absolute atomic E-state index is 12.8. The fourth-order valence-corrected chi connectivity index (χ4v) is 6.97. The van der Waals surface area contributed by atoms with Gasteiger partial charge in [0.1, 0.15) is 4.90 Å². The summed E-state index contributed by atoms with van der Waals surface area (Å²) in [6.07, 6.45) is 5.32. The minimum atomic E-state index is -3.76. The lowest BCUT2D eigenvalue weighted by molar-refractivity contribution is -0.0735. The summed E-state index contributed by atoms with van der Waals surface area (Å²) in [5, 5.41) is 12.9. The van der Waals surface area contributed by atoms with Gasteiger partial charge in [0.2, 0.25) is 10.0 Å². The Hall–Kier alpha value is -1.58. The summed E-state index contributed by atoms with van der Waals surface area (Å²) in [7, 11) is -0.817. The van der Waals surface area contributed by atoms with Crippen LogP contribution in [0.2, 0.25) is 5.02 Å². The Balaban J connectivity index is 1.81. The highest BCUT2D eigenvalue weighted by atomic mass is 35.5. The first-order valence-corrected chi connectivity index (χ1v) is 13.5. The first kappa shape index (κ1) is 23.6. The lowest BCUT2D eigenvalue weighted by atomic mass is 9.91. The molecule has 1 aliphatic carbocycles. The van der Waals surface area contributed by atoms with E-state index in [9.17, 15) is 13.5 Å². The number of halogens is 1. The van der Waals surface area contributed by atoms with E-state index in [4.69, 9.17) is 16.6 Å². The van der Waals surface area contributed by atoms with Crippen molar-refractivity contribution in [1.29, 1.82) is 0 Å². The van der Waals surface area contributed by atoms with Crippen molar-refractivity contribution < 1.29 is 13.5 Å². The molecule has 0 bridgehead atoms. The Morgan fingerprint density at radius 1 is 1.12 bits per heavy atom. The number of aliphatic imine (C=N–C) groups is 1. The highest BCUT2D eigenvalue weighted by Crippen LogP contribution is 2.45. The van der Waals surface area contributed by atoms with Gasteiger partial charge in [-0.25, -0.2) is 17.7 Å². The van der Waals surface area contributed by atoms with Gasteiger partial charge in [0.15, 0.2) is 10.9 Å². The zero-order valence-electron chi connectivity index (χ0n) is 18.2. The Labute approximate surface area is 199 Å². The number of benzene rings is 2. The molecule has 1 atom stereocenters. The lowest BCUT2D eigenvalue weighted by Crippen LogP contribution is -2.51. The molecule has 1 unspecified atom stereocenters. The van der Waals surface area contributed by atoms with Crippen molar-refractivity contribution in [3.63, 3.8) is 0 Å². The molecule has 0 radical (unpaired) electrons. The second-order valence-electron chi connectivity index (χ2n) is 8.43. The molecule has 9 heteroatoms. The van der Waals surface area contributed by atoms with Crippen molar-refractivity contribution in [3.05, 3.63) is 59.1 Å². The van der Waals surface area contributed by atoms with Crippen LogP contribution in [0.15, 0.2) is 58.4 Å². The van der Waals surface area contributed by atoms with Crippen molar-refractivity contribution in [2.45, 2.75) is 48.8 Å². The van der Waals surface area contributed by atoms with Crippen molar-refractivity contribution >= 4 is 44.2 Å². The van der Waals surface area contributed by atoms with E-state index in [1.165, 1.54) is 38.3 Å². The summed E-state index contributed by atoms with van der Waals surface area (Å²) >= 11 is 7.77. The smallest absolute Gasteiger partial charge is 0.244 e. The van der Waals surface area contributed by atoms with Crippen molar-refractivity contribution in [2.24, 2.45) is 4.99 Å². The van der Waals surface area contributed by atoms with E-state index in [0.29, 0.717) is 11.3 Å². The molecule has 1 aliphatic heterocycles. The maximum atomic E-state index is 12.8. The predicted octanol–water partition coefficient (Wildman–Crippen LogP) is 4.80. The van der Waals surface area contributed by atoms with Crippen LogP contribution < -0.4 is 0 Å². The van der Waals surface area contributed by atoms with Crippen LogP contribution in [-0.2, 0) is 15.7 Å². The summed E-state index contributed by atoms with van der Waals surface area (Å²) in [6.45, 7) is 0. The van der Waals surface area contributed by atoms with Crippen LogP contribution in [-0.4, -0.2) is 53.8 Å². The van der Waals surface area contributed by atoms with Crippen molar-refractivity contribution in [1.82, 2.24) is 9.21 Å². The number of para-hydroxylation sites is 1. The molecule has 1 saturated carbocycles. The standard InChI is InChI=1S/C23H28ClN3O3S2/c1-26(2)32(29,30)21-15-17(13-14-20(21)24)23(28)16-31-22(25-18-9-5-3-6-10-18)27(23)19-11-7-4-8-12-19/h3,5-6,9-10,13-15,19,28H,4,7-8,11-12,16H2,1-2H3. The van der Waals surface area contributed by atoms with E-state index in [1.807, 2.05) is 35.2 Å². The number of nitrogens with zero attached hydrogens (tertiary/aromatic N) is 3. The van der Waals surface area contributed by atoms with Crippen LogP contribution >= 0.6 is 23.4 Å². The monoisotopic (exact) mass is 493 g/mol. The minimum Gasteiger partial charge on any atom is -0.366 e. The van der Waals surface area contributed by atoms with Gasteiger partial charge in [-0.3, -0.25) is 0 Å². The minimum absolute atomic E-state index is 0.00265. The van der Waals surface area contributed by atoms with Gasteiger partial charge >= 0.3 is 0 Å². The normalized spacial score (nSPS) is 23.9. The number of hydrogen-bond donors (Lipinski definition) is 1. The highest BCUT2D eigenvalue weighted by molar-refractivity contribution is 8.14. The van der Waals surface area contributed by atoms with E-state index >= 15 is 0 Å². The van der Waals surface area contributed by atoms with Crippen LogP contribution in [0.4, 0.5) is 5.69 Å². The van der Waals surface area contributed by atoms with Gasteiger partial charge in [-0.2, -0.15) is 0 Å². The molecule has 0 aromatic heterocycles. The van der Waals surface area contributed by atoms with E-state index in [1.54, 1.807) is 12.1 Å². The fraction of sp³-hybridized carbons (Fsp3) is 0.435. The molecule has 0 amide bonds. The Kier molecular flexibility index (Phi) is 6.89. The second-order valence-corrected chi connectivity index (χ2v) is 11.9. The van der Waals surface area contributed by atoms with E-state index in [2.05, 4.69) is 0 Å². The zero-order valence-corrected chi connectivity index (χ0v) is 20.6. The van der Waals surface area contributed by atoms with Crippen LogP contribution in [0.3, 0.4) is 0 Å². The van der Waals surface area contributed by atoms with Crippen LogP contribution in [0.25, 0.3) is 0 Å². The van der Waals surface area contributed by atoms with E-state index in [-0.39, 0.29) is 16.0 Å². The van der Waals surface area contributed by atoms with Gasteiger partial charge in [0.25, 0.3) is 0 Å². The average Bonchev–Trinajstić information content (AvgIpc) is 3.12. The van der Waals surface area contributed by atoms with E-state index < -0.39 is 15.7 Å². The number of sulfonamides is 1. The Morgan fingerprint density at radius 3 is 2.47 bits per heavy atom. The van der Waals surface area contributed by atoms with Gasteiger partial charge in [-0.05, 0) is 37.1 Å². The molecule has 6 nitrogen and oxygen atoms in total. The molecule has 2 aromatic rings. The maximum Gasteiger partial charge on any atom is 0.244 e. The molecule has 2 fully saturated rings. The van der Waals surface area contributed by atoms with E-state index in [0.717, 1.165) is 40.8 Å². The fourth-order valence-electron chi connectivity index (χ4n) is 4.33. The Morgan fingerprint density at radius 2 is 1.81 bits per heavy atom. The van der Waals surface area contributed by atoms with Crippen LogP contribution in [0.1, 0.15) is 37.7 Å². The second kappa shape index (κ2) is 9.35. The molecule has 2 aliphatic rings. The SMILES string of the molecule is CN(C)S(=O)(=O)c1cc(C2(O)CSC(=Nc3ccccc3)N2C2CCCCC2)ccc1Cl. The topological polar surface area (TPSA) is 73.2 Å². The molecular weight excluding hydrogens is 466 g/mol. The largest absolute Gasteiger partial charge is 0.366 e. The van der Waals surface area contributed by atoms with Crippen LogP contribution in [0, 0.1) is 0 Å². The third-order valence-electron chi connectivity index (χ3n) is 6.08. The number of hydrogen-bond acceptors (Lipinski definition) is 5. The average molecular weight is 494 g/mol. The van der Waals surface area contributed by atoms with Crippen LogP contribution in [0.5, 0.6) is 0 Å². The highest BCUT2D eigenvalue weighted by Gasteiger charge is 2.48. The van der Waals surface area contributed by atoms with Gasteiger partial charge in [0.05, 0.1) is 16.5 Å². The quantitative estimate of drug-likeness (QED) is 0.647. The van der Waals surface area contributed by atoms with Crippen molar-refractivity contribution in [3.8, 4) is 0 Å². The number of amidine groups is 1. The van der Waals surface area contributed by atoms with Gasteiger partial charge in [-0.1, -0.05) is 66.9 Å². The van der Waals surface area contributed by atoms with Crippen molar-refractivity contribution in [2.75, 3.05) is 19.8 Å². The zero-order chi connectivity index (χ0) is 22.9. The predicted molar refractivity (Wildman–Crippen MR) is 131 cm³/mol. The summed E-state index contributed by atoms with van der Waals surface area (Å²) < 4.78 is 26.8. The molecule has 172 valence electrons. The number of thioether (sulfide) groups is 1. The molecule has 4 rings (SSSR count). The summed E-state index contributed by atoms with van der Waals surface area (Å²) in [5.74, 6) is 0.359. The van der Waals surface area contributed by atoms with Gasteiger partial charge in [-0.15, -0.1) is 0 Å². The number of rotatable bonds is 5. The lowest BCUT2D eigenvalue weighted by Gasteiger charge is -2.42. The molecule has 1 saturated heterocycles. The molecule has 0 spiro atoms. The molecule has 1 heterocycles. The van der Waals surface area contributed by atoms with Gasteiger partial charge < -0.3 is 10.0 Å². The molecule has 2 aromatic carbocycles. The summed E-state index contributed by atoms with van der Waals surface area (Å²) in [6, 6.07) is 14.6. The molecule has 1 N–H and O–H groups in total. The summed E-state index contributed by atoms with van der Waals surface area (Å²) in [5.41, 5.74) is -0.0349. The Bertz CT molecular complexity index is 1100.